The molecule has 6 nitrogen and oxygen atoms in total. The van der Waals surface area contributed by atoms with E-state index in [4.69, 9.17) is 0 Å². The van der Waals surface area contributed by atoms with Crippen LogP contribution in [0.15, 0.2) is 42.5 Å². The maximum atomic E-state index is 12.6. The molecule has 6 heteroatoms. The summed E-state index contributed by atoms with van der Waals surface area (Å²) in [6.07, 6.45) is 0. The zero-order valence-electron chi connectivity index (χ0n) is 16.2. The van der Waals surface area contributed by atoms with E-state index in [0.29, 0.717) is 16.9 Å². The topological polar surface area (TPSA) is 84.5 Å². The minimum atomic E-state index is -1.29. The SMILES string of the molecule is COC(=O)c1ccc(NC(=O)C(C)(C)C(=O)Nc2cc(C)cc(C)c2)cc1. The molecule has 0 fully saturated rings. The normalized spacial score (nSPS) is 10.9. The van der Waals surface area contributed by atoms with Gasteiger partial charge in [0, 0.05) is 11.4 Å². The van der Waals surface area contributed by atoms with Gasteiger partial charge in [0.05, 0.1) is 12.7 Å². The van der Waals surface area contributed by atoms with Gasteiger partial charge in [0.15, 0.2) is 0 Å². The van der Waals surface area contributed by atoms with E-state index in [1.54, 1.807) is 38.1 Å². The first kappa shape index (κ1) is 20.2. The molecule has 0 aromatic heterocycles. The van der Waals surface area contributed by atoms with Gasteiger partial charge >= 0.3 is 5.97 Å². The second kappa shape index (κ2) is 8.03. The van der Waals surface area contributed by atoms with Crippen LogP contribution in [0.25, 0.3) is 0 Å². The van der Waals surface area contributed by atoms with Crippen LogP contribution in [0.1, 0.15) is 35.3 Å². The number of carbonyl (C=O) groups excluding carboxylic acids is 3. The van der Waals surface area contributed by atoms with Crippen molar-refractivity contribution in [3.8, 4) is 0 Å². The van der Waals surface area contributed by atoms with Gasteiger partial charge in [0.2, 0.25) is 11.8 Å². The largest absolute Gasteiger partial charge is 0.465 e. The summed E-state index contributed by atoms with van der Waals surface area (Å²) >= 11 is 0. The molecular weight excluding hydrogens is 344 g/mol. The number of amides is 2. The molecule has 2 aromatic rings. The average Bonchev–Trinajstić information content (AvgIpc) is 2.60. The molecule has 2 aromatic carbocycles. The van der Waals surface area contributed by atoms with E-state index in [-0.39, 0.29) is 0 Å². The van der Waals surface area contributed by atoms with Gasteiger partial charge in [0.1, 0.15) is 5.41 Å². The molecule has 0 bridgehead atoms. The zero-order chi connectivity index (χ0) is 20.2. The standard InChI is InChI=1S/C21H24N2O4/c1-13-10-14(2)12-17(11-13)23-20(26)21(3,4)19(25)22-16-8-6-15(7-9-16)18(24)27-5/h6-12H,1-5H3,(H,22,25)(H,23,26). The molecule has 0 aliphatic rings. The number of ether oxygens (including phenoxy) is 1. The number of hydrogen-bond acceptors (Lipinski definition) is 4. The lowest BCUT2D eigenvalue weighted by Gasteiger charge is -2.23. The molecule has 0 saturated carbocycles. The highest BCUT2D eigenvalue weighted by molar-refractivity contribution is 6.14. The Kier molecular flexibility index (Phi) is 6.00. The van der Waals surface area contributed by atoms with Gasteiger partial charge < -0.3 is 15.4 Å². The Morgan fingerprint density at radius 2 is 1.30 bits per heavy atom. The molecule has 0 spiro atoms. The summed E-state index contributed by atoms with van der Waals surface area (Å²) in [5.74, 6) is -1.31. The van der Waals surface area contributed by atoms with Gasteiger partial charge in [0.25, 0.3) is 0 Å². The number of esters is 1. The molecule has 142 valence electrons. The summed E-state index contributed by atoms with van der Waals surface area (Å²) in [7, 11) is 1.30. The van der Waals surface area contributed by atoms with E-state index >= 15 is 0 Å². The first-order chi connectivity index (χ1) is 12.6. The van der Waals surface area contributed by atoms with Gasteiger partial charge in [-0.3, -0.25) is 9.59 Å². The Balaban J connectivity index is 2.09. The molecule has 2 N–H and O–H groups in total. The summed E-state index contributed by atoms with van der Waals surface area (Å²) in [4.78, 5) is 36.7. The lowest BCUT2D eigenvalue weighted by molar-refractivity contribution is -0.135. The van der Waals surface area contributed by atoms with Crippen molar-refractivity contribution in [2.24, 2.45) is 5.41 Å². The van der Waals surface area contributed by atoms with Gasteiger partial charge in [-0.15, -0.1) is 0 Å². The zero-order valence-corrected chi connectivity index (χ0v) is 16.2. The maximum absolute atomic E-state index is 12.6. The van der Waals surface area contributed by atoms with Crippen LogP contribution >= 0.6 is 0 Å². The lowest BCUT2D eigenvalue weighted by Crippen LogP contribution is -2.41. The Hall–Kier alpha value is -3.15. The predicted molar refractivity (Wildman–Crippen MR) is 105 cm³/mol. The fourth-order valence-electron chi connectivity index (χ4n) is 2.53. The van der Waals surface area contributed by atoms with Gasteiger partial charge in [-0.25, -0.2) is 4.79 Å². The molecule has 27 heavy (non-hydrogen) atoms. The van der Waals surface area contributed by atoms with Gasteiger partial charge in [-0.1, -0.05) is 6.07 Å². The van der Waals surface area contributed by atoms with Crippen LogP contribution in [0.2, 0.25) is 0 Å². The Labute approximate surface area is 158 Å². The molecule has 0 atom stereocenters. The fourth-order valence-corrected chi connectivity index (χ4v) is 2.53. The van der Waals surface area contributed by atoms with Crippen LogP contribution in [0.3, 0.4) is 0 Å². The van der Waals surface area contributed by atoms with Gasteiger partial charge in [-0.05, 0) is 75.2 Å². The third-order valence-corrected chi connectivity index (χ3v) is 4.18. The van der Waals surface area contributed by atoms with Crippen molar-refractivity contribution in [2.45, 2.75) is 27.7 Å². The van der Waals surface area contributed by atoms with Crippen LogP contribution in [0.5, 0.6) is 0 Å². The molecule has 0 heterocycles. The maximum Gasteiger partial charge on any atom is 0.337 e. The Bertz CT molecular complexity index is 850. The number of carbonyl (C=O) groups is 3. The molecule has 0 unspecified atom stereocenters. The van der Waals surface area contributed by atoms with E-state index in [1.165, 1.54) is 7.11 Å². The van der Waals surface area contributed by atoms with Gasteiger partial charge in [-0.2, -0.15) is 0 Å². The second-order valence-electron chi connectivity index (χ2n) is 6.98. The average molecular weight is 368 g/mol. The van der Waals surface area contributed by atoms with Crippen molar-refractivity contribution in [3.63, 3.8) is 0 Å². The molecule has 0 aliphatic carbocycles. The molecule has 0 saturated heterocycles. The highest BCUT2D eigenvalue weighted by Gasteiger charge is 2.36. The van der Waals surface area contributed by atoms with Crippen LogP contribution in [-0.2, 0) is 14.3 Å². The van der Waals surface area contributed by atoms with Crippen molar-refractivity contribution < 1.29 is 19.1 Å². The number of methoxy groups -OCH3 is 1. The molecule has 0 aliphatic heterocycles. The summed E-state index contributed by atoms with van der Waals surface area (Å²) in [5, 5.41) is 5.51. The fraction of sp³-hybridized carbons (Fsp3) is 0.286. The van der Waals surface area contributed by atoms with Crippen LogP contribution in [0, 0.1) is 19.3 Å². The van der Waals surface area contributed by atoms with Crippen LogP contribution < -0.4 is 10.6 Å². The van der Waals surface area contributed by atoms with E-state index in [2.05, 4.69) is 15.4 Å². The first-order valence-corrected chi connectivity index (χ1v) is 8.53. The van der Waals surface area contributed by atoms with E-state index in [0.717, 1.165) is 11.1 Å². The summed E-state index contributed by atoms with van der Waals surface area (Å²) in [6.45, 7) is 7.00. The number of aryl methyl sites for hydroxylation is 2. The van der Waals surface area contributed by atoms with E-state index < -0.39 is 23.2 Å². The second-order valence-corrected chi connectivity index (χ2v) is 6.98. The van der Waals surface area contributed by atoms with E-state index in [9.17, 15) is 14.4 Å². The highest BCUT2D eigenvalue weighted by Crippen LogP contribution is 2.23. The quantitative estimate of drug-likeness (QED) is 0.623. The molecular formula is C21H24N2O4. The monoisotopic (exact) mass is 368 g/mol. The molecule has 2 amide bonds. The van der Waals surface area contributed by atoms with Crippen molar-refractivity contribution >= 4 is 29.2 Å². The summed E-state index contributed by atoms with van der Waals surface area (Å²) < 4.78 is 4.64. The van der Waals surface area contributed by atoms with Crippen LogP contribution in [-0.4, -0.2) is 24.9 Å². The smallest absolute Gasteiger partial charge is 0.337 e. The minimum absolute atomic E-state index is 0.377. The summed E-state index contributed by atoms with van der Waals surface area (Å²) in [6, 6.07) is 12.0. The third-order valence-electron chi connectivity index (χ3n) is 4.18. The van der Waals surface area contributed by atoms with Crippen molar-refractivity contribution in [1.29, 1.82) is 0 Å². The first-order valence-electron chi connectivity index (χ1n) is 8.53. The van der Waals surface area contributed by atoms with Crippen LogP contribution in [0.4, 0.5) is 11.4 Å². The number of hydrogen-bond donors (Lipinski definition) is 2. The highest BCUT2D eigenvalue weighted by atomic mass is 16.5. The Morgan fingerprint density at radius 1 is 0.815 bits per heavy atom. The summed E-state index contributed by atoms with van der Waals surface area (Å²) in [5.41, 5.74) is 2.28. The number of nitrogens with one attached hydrogen (secondary N) is 2. The lowest BCUT2D eigenvalue weighted by atomic mass is 9.90. The minimum Gasteiger partial charge on any atom is -0.465 e. The van der Waals surface area contributed by atoms with E-state index in [1.807, 2.05) is 32.0 Å². The number of anilines is 2. The number of rotatable bonds is 5. The molecule has 0 radical (unpaired) electrons. The predicted octanol–water partition coefficient (Wildman–Crippen LogP) is 3.69. The number of benzene rings is 2. The third kappa shape index (κ3) is 4.94. The van der Waals surface area contributed by atoms with Crippen molar-refractivity contribution in [3.05, 3.63) is 59.2 Å². The van der Waals surface area contributed by atoms with Crippen molar-refractivity contribution in [1.82, 2.24) is 0 Å². The molecule has 2 rings (SSSR count). The van der Waals surface area contributed by atoms with Crippen molar-refractivity contribution in [2.75, 3.05) is 17.7 Å². The Morgan fingerprint density at radius 3 is 1.78 bits per heavy atom.